The van der Waals surface area contributed by atoms with Crippen LogP contribution in [0, 0.1) is 0 Å². The first-order valence-corrected chi connectivity index (χ1v) is 12.6. The van der Waals surface area contributed by atoms with Crippen molar-refractivity contribution in [1.82, 2.24) is 4.98 Å². The highest BCUT2D eigenvalue weighted by Crippen LogP contribution is 2.47. The second-order valence-corrected chi connectivity index (χ2v) is 9.88. The van der Waals surface area contributed by atoms with E-state index in [1.807, 2.05) is 12.1 Å². The van der Waals surface area contributed by atoms with Crippen LogP contribution < -0.4 is 18.4 Å². The van der Waals surface area contributed by atoms with Crippen molar-refractivity contribution in [3.8, 4) is 34.3 Å². The van der Waals surface area contributed by atoms with Crippen LogP contribution in [0.1, 0.15) is 11.1 Å². The van der Waals surface area contributed by atoms with Crippen LogP contribution in [0.2, 0.25) is 5.02 Å². The lowest BCUT2D eigenvalue weighted by molar-refractivity contribution is 0.354. The van der Waals surface area contributed by atoms with Gasteiger partial charge in [-0.3, -0.25) is 0 Å². The molecule has 9 heteroatoms. The van der Waals surface area contributed by atoms with E-state index in [0.29, 0.717) is 46.0 Å². The first-order valence-electron chi connectivity index (χ1n) is 10.8. The van der Waals surface area contributed by atoms with Crippen LogP contribution in [-0.2, 0) is 23.0 Å². The molecule has 0 unspecified atom stereocenters. The van der Waals surface area contributed by atoms with Crippen molar-refractivity contribution in [3.63, 3.8) is 0 Å². The third kappa shape index (κ3) is 3.92. The molecule has 0 N–H and O–H groups in total. The number of ether oxygens (including phenoxy) is 3. The number of hydrogen-bond donors (Lipinski definition) is 0. The van der Waals surface area contributed by atoms with Gasteiger partial charge in [0.15, 0.2) is 23.0 Å². The van der Waals surface area contributed by atoms with Crippen LogP contribution in [0.5, 0.6) is 23.0 Å². The highest BCUT2D eigenvalue weighted by atomic mass is 35.5. The lowest BCUT2D eigenvalue weighted by Crippen LogP contribution is -2.12. The van der Waals surface area contributed by atoms with E-state index in [9.17, 15) is 8.42 Å². The fourth-order valence-electron chi connectivity index (χ4n) is 4.35. The second-order valence-electron chi connectivity index (χ2n) is 7.96. The summed E-state index contributed by atoms with van der Waals surface area (Å²) < 4.78 is 48.1. The molecule has 1 aromatic heterocycles. The van der Waals surface area contributed by atoms with Gasteiger partial charge in [0.1, 0.15) is 4.90 Å². The van der Waals surface area contributed by atoms with Gasteiger partial charge in [0.05, 0.1) is 42.9 Å². The zero-order chi connectivity index (χ0) is 24.7. The van der Waals surface area contributed by atoms with Gasteiger partial charge in [-0.15, -0.1) is 0 Å². The number of halogens is 1. The summed E-state index contributed by atoms with van der Waals surface area (Å²) in [5.74, 6) is 1.48. The van der Waals surface area contributed by atoms with E-state index in [1.54, 1.807) is 44.6 Å². The number of rotatable bonds is 6. The minimum Gasteiger partial charge on any atom is -0.493 e. The van der Waals surface area contributed by atoms with E-state index in [-0.39, 0.29) is 16.4 Å². The first kappa shape index (κ1) is 23.3. The van der Waals surface area contributed by atoms with E-state index in [1.165, 1.54) is 19.2 Å². The maximum Gasteiger partial charge on any atom is 0.339 e. The van der Waals surface area contributed by atoms with Gasteiger partial charge in [0.2, 0.25) is 0 Å². The minimum atomic E-state index is -4.14. The van der Waals surface area contributed by atoms with Crippen molar-refractivity contribution in [2.24, 2.45) is 0 Å². The Kier molecular flexibility index (Phi) is 5.94. The van der Waals surface area contributed by atoms with Gasteiger partial charge in [0, 0.05) is 5.56 Å². The van der Waals surface area contributed by atoms with Gasteiger partial charge in [-0.2, -0.15) is 8.42 Å². The molecule has 3 aromatic carbocycles. The fourth-order valence-corrected chi connectivity index (χ4v) is 5.69. The molecule has 0 saturated carbocycles. The minimum absolute atomic E-state index is 0.00672. The van der Waals surface area contributed by atoms with Crippen LogP contribution >= 0.6 is 11.6 Å². The Bertz CT molecular complexity index is 1550. The van der Waals surface area contributed by atoms with E-state index < -0.39 is 10.1 Å². The zero-order valence-corrected chi connectivity index (χ0v) is 20.9. The summed E-state index contributed by atoms with van der Waals surface area (Å²) in [6.07, 6.45) is 1.32. The van der Waals surface area contributed by atoms with E-state index in [0.717, 1.165) is 16.7 Å². The molecule has 0 amide bonds. The van der Waals surface area contributed by atoms with Gasteiger partial charge >= 0.3 is 10.1 Å². The third-order valence-electron chi connectivity index (χ3n) is 6.06. The normalized spacial score (nSPS) is 12.6. The monoisotopic (exact) mass is 511 g/mol. The summed E-state index contributed by atoms with van der Waals surface area (Å²) in [4.78, 5) is 4.90. The average Bonchev–Trinajstić information content (AvgIpc) is 2.88. The number of nitrogens with zero attached hydrogens (tertiary/aromatic N) is 1. The standard InChI is InChI=1S/C26H22ClNO6S/c1-31-20-12-11-19-23(26(20)34-35(29,30)16-7-5-4-6-8-16)24(27)17-10-9-15-13-21(32-2)22(33-3)14-18(15)25(17)28-19/h4-8,11-14H,9-10H2,1-3H3. The number of aromatic nitrogens is 1. The Morgan fingerprint density at radius 3 is 2.23 bits per heavy atom. The molecule has 5 rings (SSSR count). The molecule has 1 aliphatic carbocycles. The molecule has 4 aromatic rings. The van der Waals surface area contributed by atoms with Crippen LogP contribution in [-0.4, -0.2) is 34.7 Å². The molecule has 1 aliphatic rings. The summed E-state index contributed by atoms with van der Waals surface area (Å²) in [6, 6.07) is 15.1. The van der Waals surface area contributed by atoms with E-state index >= 15 is 0 Å². The molecular weight excluding hydrogens is 490 g/mol. The first-order chi connectivity index (χ1) is 16.9. The summed E-state index contributed by atoms with van der Waals surface area (Å²) >= 11 is 6.94. The highest BCUT2D eigenvalue weighted by Gasteiger charge is 2.28. The Morgan fingerprint density at radius 1 is 0.857 bits per heavy atom. The maximum atomic E-state index is 13.0. The predicted molar refractivity (Wildman–Crippen MR) is 134 cm³/mol. The van der Waals surface area contributed by atoms with Gasteiger partial charge in [-0.25, -0.2) is 4.98 Å². The third-order valence-corrected chi connectivity index (χ3v) is 7.71. The molecule has 0 atom stereocenters. The Labute approximate surface area is 208 Å². The van der Waals surface area contributed by atoms with Crippen molar-refractivity contribution in [2.45, 2.75) is 17.7 Å². The highest BCUT2D eigenvalue weighted by molar-refractivity contribution is 7.87. The van der Waals surface area contributed by atoms with Crippen molar-refractivity contribution in [1.29, 1.82) is 0 Å². The molecule has 0 fully saturated rings. The summed E-state index contributed by atoms with van der Waals surface area (Å²) in [6.45, 7) is 0. The summed E-state index contributed by atoms with van der Waals surface area (Å²) in [5, 5.41) is 0.760. The number of methoxy groups -OCH3 is 3. The van der Waals surface area contributed by atoms with Crippen LogP contribution in [0.15, 0.2) is 59.5 Å². The molecule has 0 bridgehead atoms. The van der Waals surface area contributed by atoms with E-state index in [4.69, 9.17) is 35.0 Å². The molecule has 0 aliphatic heterocycles. The molecule has 0 saturated heterocycles. The van der Waals surface area contributed by atoms with Gasteiger partial charge < -0.3 is 18.4 Å². The smallest absolute Gasteiger partial charge is 0.339 e. The number of hydrogen-bond acceptors (Lipinski definition) is 7. The van der Waals surface area contributed by atoms with Crippen LogP contribution in [0.3, 0.4) is 0 Å². The lowest BCUT2D eigenvalue weighted by atomic mass is 9.87. The maximum absolute atomic E-state index is 13.0. The zero-order valence-electron chi connectivity index (χ0n) is 19.3. The van der Waals surface area contributed by atoms with Crippen molar-refractivity contribution < 1.29 is 26.8 Å². The van der Waals surface area contributed by atoms with Crippen molar-refractivity contribution in [3.05, 3.63) is 70.7 Å². The molecule has 1 heterocycles. The Balaban J connectivity index is 1.73. The summed E-state index contributed by atoms with van der Waals surface area (Å²) in [7, 11) is 0.486. The van der Waals surface area contributed by atoms with Crippen LogP contribution in [0.4, 0.5) is 0 Å². The van der Waals surface area contributed by atoms with E-state index in [2.05, 4.69) is 0 Å². The number of aryl methyl sites for hydroxylation is 1. The SMILES string of the molecule is COc1cc2c(cc1OC)-c1nc3ccc(OC)c(OS(=O)(=O)c4ccccc4)c3c(Cl)c1CC2. The lowest BCUT2D eigenvalue weighted by Gasteiger charge is -2.23. The average molecular weight is 512 g/mol. The Hall–Kier alpha value is -3.49. The largest absolute Gasteiger partial charge is 0.493 e. The molecule has 0 spiro atoms. The number of benzene rings is 3. The molecule has 0 radical (unpaired) electrons. The quantitative estimate of drug-likeness (QED) is 0.318. The second kappa shape index (κ2) is 8.94. The number of pyridine rings is 1. The molecular formula is C26H22ClNO6S. The number of fused-ring (bicyclic) bond motifs is 4. The van der Waals surface area contributed by atoms with Crippen molar-refractivity contribution in [2.75, 3.05) is 21.3 Å². The van der Waals surface area contributed by atoms with Gasteiger partial charge in [0.25, 0.3) is 0 Å². The Morgan fingerprint density at radius 2 is 1.54 bits per heavy atom. The topological polar surface area (TPSA) is 83.9 Å². The molecule has 35 heavy (non-hydrogen) atoms. The molecule has 180 valence electrons. The fraction of sp³-hybridized carbons (Fsp3) is 0.192. The van der Waals surface area contributed by atoms with Gasteiger partial charge in [-0.1, -0.05) is 29.8 Å². The van der Waals surface area contributed by atoms with Crippen molar-refractivity contribution >= 4 is 32.6 Å². The predicted octanol–water partition coefficient (Wildman–Crippen LogP) is 5.45. The summed E-state index contributed by atoms with van der Waals surface area (Å²) in [5.41, 5.74) is 3.95. The van der Waals surface area contributed by atoms with Crippen LogP contribution in [0.25, 0.3) is 22.2 Å². The van der Waals surface area contributed by atoms with Gasteiger partial charge in [-0.05, 0) is 60.4 Å². The molecule has 7 nitrogen and oxygen atoms in total.